The number of aliphatic hydroxyl groups excluding tert-OH is 2. The van der Waals surface area contributed by atoms with Crippen LogP contribution in [0.25, 0.3) is 0 Å². The Morgan fingerprint density at radius 1 is 0.981 bits per heavy atom. The summed E-state index contributed by atoms with van der Waals surface area (Å²) in [7, 11) is 6.18. The second-order valence-electron chi connectivity index (χ2n) is 15.3. The van der Waals surface area contributed by atoms with Gasteiger partial charge in [0.05, 0.1) is 58.8 Å². The molecule has 298 valence electrons. The van der Waals surface area contributed by atoms with Crippen LogP contribution in [-0.2, 0) is 49.4 Å². The number of ether oxygens (including phenoxy) is 8. The third kappa shape index (κ3) is 7.84. The van der Waals surface area contributed by atoms with Gasteiger partial charge in [-0.15, -0.1) is 0 Å². The molecule has 1 aromatic carbocycles. The maximum Gasteiger partial charge on any atom is 0.346 e. The van der Waals surface area contributed by atoms with Crippen molar-refractivity contribution in [3.63, 3.8) is 0 Å². The van der Waals surface area contributed by atoms with Crippen LogP contribution in [0.5, 0.6) is 5.75 Å². The largest absolute Gasteiger partial charge is 0.499 e. The van der Waals surface area contributed by atoms with E-state index < -0.39 is 41.4 Å². The van der Waals surface area contributed by atoms with Crippen molar-refractivity contribution in [3.8, 4) is 5.75 Å². The Kier molecular flexibility index (Phi) is 14.0. The van der Waals surface area contributed by atoms with Crippen molar-refractivity contribution >= 4 is 11.8 Å². The van der Waals surface area contributed by atoms with Crippen molar-refractivity contribution in [2.24, 2.45) is 40.9 Å². The van der Waals surface area contributed by atoms with Crippen LogP contribution < -0.4 is 4.74 Å². The Morgan fingerprint density at radius 2 is 1.69 bits per heavy atom. The van der Waals surface area contributed by atoms with E-state index in [2.05, 4.69) is 32.9 Å². The summed E-state index contributed by atoms with van der Waals surface area (Å²) in [5.74, 6) is -1.60. The first-order chi connectivity index (χ1) is 25.9. The lowest BCUT2D eigenvalue weighted by Gasteiger charge is -2.56. The summed E-state index contributed by atoms with van der Waals surface area (Å²) in [6.07, 6.45) is 7.76. The number of carbonyl (C=O) groups excluding carboxylic acids is 2. The average molecular weight is 755 g/mol. The van der Waals surface area contributed by atoms with Gasteiger partial charge in [-0.1, -0.05) is 62.8 Å². The lowest BCUT2D eigenvalue weighted by atomic mass is 9.49. The summed E-state index contributed by atoms with van der Waals surface area (Å²) in [6, 6.07) is 7.72. The molecule has 54 heavy (non-hydrogen) atoms. The molecule has 4 aliphatic rings. The van der Waals surface area contributed by atoms with E-state index in [1.165, 1.54) is 14.2 Å². The zero-order valence-electron chi connectivity index (χ0n) is 32.9. The van der Waals surface area contributed by atoms with Crippen molar-refractivity contribution < 1.29 is 57.7 Å². The minimum Gasteiger partial charge on any atom is -0.499 e. The first-order valence-electron chi connectivity index (χ1n) is 18.7. The van der Waals surface area contributed by atoms with Crippen LogP contribution in [0.2, 0.25) is 0 Å². The van der Waals surface area contributed by atoms with Gasteiger partial charge in [0.2, 0.25) is 5.78 Å². The van der Waals surface area contributed by atoms with Gasteiger partial charge < -0.3 is 48.1 Å². The quantitative estimate of drug-likeness (QED) is 0.0449. The molecule has 1 saturated carbocycles. The van der Waals surface area contributed by atoms with Gasteiger partial charge in [-0.05, 0) is 54.4 Å². The summed E-state index contributed by atoms with van der Waals surface area (Å²) in [6.45, 7) is 8.33. The normalized spacial score (nSPS) is 34.8. The lowest BCUT2D eigenvalue weighted by Crippen LogP contribution is -2.55. The predicted octanol–water partition coefficient (Wildman–Crippen LogP) is 4.93. The van der Waals surface area contributed by atoms with E-state index in [-0.39, 0.29) is 73.6 Å². The first-order valence-corrected chi connectivity index (χ1v) is 18.7. The first kappa shape index (κ1) is 41.8. The Morgan fingerprint density at radius 3 is 2.31 bits per heavy atom. The lowest BCUT2D eigenvalue weighted by molar-refractivity contribution is -0.173. The van der Waals surface area contributed by atoms with Gasteiger partial charge in [0.25, 0.3) is 0 Å². The monoisotopic (exact) mass is 754 g/mol. The Balaban J connectivity index is 1.60. The van der Waals surface area contributed by atoms with Crippen molar-refractivity contribution in [3.05, 3.63) is 76.6 Å². The van der Waals surface area contributed by atoms with E-state index in [1.54, 1.807) is 20.3 Å². The molecule has 2 N–H and O–H groups in total. The molecule has 0 radical (unpaired) electrons. The summed E-state index contributed by atoms with van der Waals surface area (Å²) in [5, 5.41) is 20.9. The number of hydrogen-bond acceptors (Lipinski definition) is 12. The van der Waals surface area contributed by atoms with Crippen LogP contribution in [0.15, 0.2) is 71.0 Å². The SMILES string of the molecule is COCO[C@@H]1[C@H]2C=C[C@@H](/C(C)=C/COCc3ccc(OC)cc3)[C@@](C)(/C(OC)=C3\C(=O)O[C@]4(CC(CO)=C[C@H](OCOC)[C@H]4CO)C3=O)[C@@H]2[C@@H](C)C[C@@H]1C. The van der Waals surface area contributed by atoms with Gasteiger partial charge >= 0.3 is 5.97 Å². The van der Waals surface area contributed by atoms with Crippen LogP contribution in [0.1, 0.15) is 46.1 Å². The molecule has 0 bridgehead atoms. The molecule has 1 saturated heterocycles. The molecule has 0 amide bonds. The van der Waals surface area contributed by atoms with Crippen LogP contribution in [0.4, 0.5) is 0 Å². The Hall–Kier alpha value is -3.36. The number of methoxy groups -OCH3 is 4. The van der Waals surface area contributed by atoms with Gasteiger partial charge in [-0.3, -0.25) is 4.79 Å². The number of hydrogen-bond donors (Lipinski definition) is 2. The molecule has 12 nitrogen and oxygen atoms in total. The molecule has 0 aromatic heterocycles. The third-order valence-electron chi connectivity index (χ3n) is 12.1. The molecular weight excluding hydrogens is 696 g/mol. The van der Waals surface area contributed by atoms with Gasteiger partial charge in [-0.25, -0.2) is 4.79 Å². The summed E-state index contributed by atoms with van der Waals surface area (Å²) < 4.78 is 46.4. The molecule has 0 unspecified atom stereocenters. The number of benzene rings is 1. The predicted molar refractivity (Wildman–Crippen MR) is 199 cm³/mol. The third-order valence-corrected chi connectivity index (χ3v) is 12.1. The second kappa shape index (κ2) is 18.1. The number of fused-ring (bicyclic) bond motifs is 1. The number of rotatable bonds is 16. The minimum absolute atomic E-state index is 0.0932. The zero-order chi connectivity index (χ0) is 39.2. The van der Waals surface area contributed by atoms with E-state index in [4.69, 9.17) is 37.9 Å². The Bertz CT molecular complexity index is 1600. The molecule has 2 fully saturated rings. The molecule has 5 rings (SSSR count). The summed E-state index contributed by atoms with van der Waals surface area (Å²) in [5.41, 5.74) is -0.507. The van der Waals surface area contributed by atoms with E-state index >= 15 is 0 Å². The van der Waals surface area contributed by atoms with E-state index in [0.29, 0.717) is 18.8 Å². The molecule has 1 spiro atoms. The van der Waals surface area contributed by atoms with Crippen molar-refractivity contribution in [1.82, 2.24) is 0 Å². The highest BCUT2D eigenvalue weighted by molar-refractivity contribution is 6.26. The van der Waals surface area contributed by atoms with E-state index in [9.17, 15) is 19.8 Å². The standard InChI is InChI=1S/C42H58O12/c1-25(15-16-51-22-28-9-11-30(49-7)12-10-28)32-14-13-31-36(26(2)17-27(3)37(31)53-24-48-6)41(32,4)39(50-8)35-38(45)42(54-40(35)46)19-29(20-43)18-34(33(42)21-44)52-23-47-5/h9-15,18,26-27,31-34,36-37,43-44H,16-17,19-24H2,1-8H3/b25-15+,39-35+/t26-,27-,31-,32-,33+,34-,36+,37-,41+,42-/m0/s1. The maximum absolute atomic E-state index is 15.0. The van der Waals surface area contributed by atoms with E-state index in [0.717, 1.165) is 23.3 Å². The summed E-state index contributed by atoms with van der Waals surface area (Å²) >= 11 is 0. The summed E-state index contributed by atoms with van der Waals surface area (Å²) in [4.78, 5) is 29.3. The fraction of sp³-hybridized carbons (Fsp3) is 0.619. The highest BCUT2D eigenvalue weighted by atomic mass is 16.7. The number of ketones is 1. The number of aliphatic hydroxyl groups is 2. The number of carbonyl (C=O) groups is 2. The average Bonchev–Trinajstić information content (AvgIpc) is 3.39. The molecule has 1 aliphatic heterocycles. The van der Waals surface area contributed by atoms with Gasteiger partial charge in [0.1, 0.15) is 30.7 Å². The maximum atomic E-state index is 15.0. The highest BCUT2D eigenvalue weighted by Gasteiger charge is 2.64. The fourth-order valence-corrected chi connectivity index (χ4v) is 9.78. The number of allylic oxidation sites excluding steroid dienone is 3. The fourth-order valence-electron chi connectivity index (χ4n) is 9.78. The smallest absolute Gasteiger partial charge is 0.346 e. The van der Waals surface area contributed by atoms with Crippen LogP contribution in [0.3, 0.4) is 0 Å². The van der Waals surface area contributed by atoms with Crippen molar-refractivity contribution in [1.29, 1.82) is 0 Å². The topological polar surface area (TPSA) is 148 Å². The molecule has 1 aromatic rings. The molecule has 10 atom stereocenters. The molecular formula is C42H58O12. The highest BCUT2D eigenvalue weighted by Crippen LogP contribution is 2.61. The van der Waals surface area contributed by atoms with Gasteiger partial charge in [0, 0.05) is 37.9 Å². The van der Waals surface area contributed by atoms with Crippen LogP contribution in [0, 0.1) is 40.9 Å². The molecule has 1 heterocycles. The van der Waals surface area contributed by atoms with Crippen molar-refractivity contribution in [2.75, 3.05) is 61.8 Å². The molecule has 12 heteroatoms. The van der Waals surface area contributed by atoms with Crippen LogP contribution in [-0.4, -0.2) is 102 Å². The van der Waals surface area contributed by atoms with Crippen molar-refractivity contribution in [2.45, 2.75) is 65.0 Å². The van der Waals surface area contributed by atoms with Crippen LogP contribution >= 0.6 is 0 Å². The Labute approximate surface area is 319 Å². The number of esters is 1. The number of Topliss-reactive ketones (excluding diaryl/α,β-unsaturated/α-hetero) is 1. The zero-order valence-corrected chi connectivity index (χ0v) is 32.9. The van der Waals surface area contributed by atoms with E-state index in [1.807, 2.05) is 37.3 Å². The second-order valence-corrected chi connectivity index (χ2v) is 15.3. The van der Waals surface area contributed by atoms with Gasteiger partial charge in [-0.2, -0.15) is 0 Å². The molecule has 3 aliphatic carbocycles. The minimum atomic E-state index is -1.82. The van der Waals surface area contributed by atoms with Gasteiger partial charge in [0.15, 0.2) is 5.60 Å².